The van der Waals surface area contributed by atoms with E-state index in [1.807, 2.05) is 81.4 Å². The molecule has 3 aromatic carbocycles. The number of rotatable bonds is 12. The summed E-state index contributed by atoms with van der Waals surface area (Å²) in [6.45, 7) is 9.40. The molecule has 0 radical (unpaired) electrons. The van der Waals surface area contributed by atoms with Gasteiger partial charge in [-0.05, 0) is 74.1 Å². The monoisotopic (exact) mass is 574 g/mol. The lowest BCUT2D eigenvalue weighted by Crippen LogP contribution is -2.52. The fourth-order valence-corrected chi connectivity index (χ4v) is 5.17. The molecular formula is C33H42N4O5. The molecular weight excluding hydrogens is 532 g/mol. The SMILES string of the molecule is Cc1cc(O)c(C)c(C)c1C(N)CC(=O)NC(C)(C)CNC(=O)C[C@@H](c1ccccc1)N(Cc1ccccc1)C(=O)O. The average molecular weight is 575 g/mol. The van der Waals surface area contributed by atoms with Crippen LogP contribution in [0.1, 0.15) is 72.2 Å². The molecule has 9 nitrogen and oxygen atoms in total. The topological polar surface area (TPSA) is 145 Å². The van der Waals surface area contributed by atoms with Gasteiger partial charge in [0.2, 0.25) is 11.8 Å². The predicted octanol–water partition coefficient (Wildman–Crippen LogP) is 5.03. The number of nitrogens with one attached hydrogen (secondary N) is 2. The van der Waals surface area contributed by atoms with Crippen LogP contribution in [0.5, 0.6) is 5.75 Å². The summed E-state index contributed by atoms with van der Waals surface area (Å²) in [6, 6.07) is 18.7. The molecule has 224 valence electrons. The van der Waals surface area contributed by atoms with Crippen LogP contribution < -0.4 is 16.4 Å². The van der Waals surface area contributed by atoms with Gasteiger partial charge in [0, 0.05) is 25.6 Å². The summed E-state index contributed by atoms with van der Waals surface area (Å²) >= 11 is 0. The molecule has 0 aromatic heterocycles. The summed E-state index contributed by atoms with van der Waals surface area (Å²) in [5, 5.41) is 26.0. The smallest absolute Gasteiger partial charge is 0.408 e. The number of phenols is 1. The zero-order valence-electron chi connectivity index (χ0n) is 25.0. The lowest BCUT2D eigenvalue weighted by Gasteiger charge is -2.31. The van der Waals surface area contributed by atoms with E-state index in [4.69, 9.17) is 5.73 Å². The van der Waals surface area contributed by atoms with Crippen molar-refractivity contribution in [2.75, 3.05) is 6.54 Å². The maximum atomic E-state index is 13.2. The average Bonchev–Trinajstić information content (AvgIpc) is 2.93. The van der Waals surface area contributed by atoms with E-state index in [9.17, 15) is 24.6 Å². The Morgan fingerprint density at radius 2 is 1.50 bits per heavy atom. The lowest BCUT2D eigenvalue weighted by atomic mass is 9.90. The van der Waals surface area contributed by atoms with E-state index in [2.05, 4.69) is 10.6 Å². The molecule has 0 aliphatic rings. The molecule has 2 atom stereocenters. The number of aromatic hydroxyl groups is 1. The highest BCUT2D eigenvalue weighted by Crippen LogP contribution is 2.31. The number of amides is 3. The van der Waals surface area contributed by atoms with Crippen LogP contribution in [0.3, 0.4) is 0 Å². The number of hydrogen-bond donors (Lipinski definition) is 5. The van der Waals surface area contributed by atoms with Crippen molar-refractivity contribution in [1.82, 2.24) is 15.5 Å². The maximum absolute atomic E-state index is 13.2. The first-order valence-electron chi connectivity index (χ1n) is 14.0. The molecule has 9 heteroatoms. The predicted molar refractivity (Wildman–Crippen MR) is 163 cm³/mol. The molecule has 0 aliphatic heterocycles. The Kier molecular flexibility index (Phi) is 10.7. The number of carbonyl (C=O) groups is 3. The zero-order valence-corrected chi connectivity index (χ0v) is 25.0. The second-order valence-corrected chi connectivity index (χ2v) is 11.4. The third-order valence-electron chi connectivity index (χ3n) is 7.49. The number of phenolic OH excluding ortho intramolecular Hbond substituents is 1. The van der Waals surface area contributed by atoms with Gasteiger partial charge in [-0.25, -0.2) is 4.79 Å². The van der Waals surface area contributed by atoms with Crippen molar-refractivity contribution in [2.24, 2.45) is 5.73 Å². The van der Waals surface area contributed by atoms with Gasteiger partial charge in [0.15, 0.2) is 0 Å². The van der Waals surface area contributed by atoms with Gasteiger partial charge in [-0.2, -0.15) is 0 Å². The van der Waals surface area contributed by atoms with E-state index >= 15 is 0 Å². The van der Waals surface area contributed by atoms with Crippen LogP contribution in [-0.4, -0.2) is 45.1 Å². The van der Waals surface area contributed by atoms with Crippen LogP contribution >= 0.6 is 0 Å². The quantitative estimate of drug-likeness (QED) is 0.205. The Balaban J connectivity index is 1.65. The fraction of sp³-hybridized carbons (Fsp3) is 0.364. The summed E-state index contributed by atoms with van der Waals surface area (Å²) in [4.78, 5) is 39.7. The zero-order chi connectivity index (χ0) is 31.0. The first-order valence-corrected chi connectivity index (χ1v) is 14.0. The number of carboxylic acid groups (broad SMARTS) is 1. The van der Waals surface area contributed by atoms with Crippen molar-refractivity contribution in [1.29, 1.82) is 0 Å². The number of carbonyl (C=O) groups excluding carboxylic acids is 2. The number of aryl methyl sites for hydroxylation is 1. The van der Waals surface area contributed by atoms with Crippen molar-refractivity contribution in [3.8, 4) is 5.75 Å². The van der Waals surface area contributed by atoms with Gasteiger partial charge in [-0.1, -0.05) is 60.7 Å². The fourth-order valence-electron chi connectivity index (χ4n) is 5.17. The van der Waals surface area contributed by atoms with Crippen LogP contribution in [0.15, 0.2) is 66.7 Å². The van der Waals surface area contributed by atoms with Crippen LogP contribution in [0.25, 0.3) is 0 Å². The minimum Gasteiger partial charge on any atom is -0.508 e. The van der Waals surface area contributed by atoms with E-state index in [1.54, 1.807) is 19.9 Å². The Labute approximate surface area is 247 Å². The van der Waals surface area contributed by atoms with Crippen LogP contribution in [0.4, 0.5) is 4.79 Å². The second kappa shape index (κ2) is 14.0. The largest absolute Gasteiger partial charge is 0.508 e. The molecule has 3 amide bonds. The molecule has 0 fully saturated rings. The lowest BCUT2D eigenvalue weighted by molar-refractivity contribution is -0.125. The molecule has 0 saturated heterocycles. The van der Waals surface area contributed by atoms with Crippen LogP contribution in [0.2, 0.25) is 0 Å². The summed E-state index contributed by atoms with van der Waals surface area (Å²) in [5.74, 6) is -0.412. The standard InChI is InChI=1S/C33H42N4O5/c1-21-16-28(38)22(2)23(3)31(21)26(34)17-30(40)36-33(4,5)20-35-29(39)18-27(25-14-10-7-11-15-25)37(32(41)42)19-24-12-8-6-9-13-24/h6-16,26-27,38H,17-20,34H2,1-5H3,(H,35,39)(H,36,40)(H,41,42)/t26?,27-/m0/s1. The van der Waals surface area contributed by atoms with Crippen molar-refractivity contribution in [3.05, 3.63) is 100 Å². The van der Waals surface area contributed by atoms with E-state index in [-0.39, 0.29) is 43.5 Å². The summed E-state index contributed by atoms with van der Waals surface area (Å²) in [6.07, 6.45) is -1.18. The van der Waals surface area contributed by atoms with Gasteiger partial charge in [0.25, 0.3) is 0 Å². The number of benzene rings is 3. The van der Waals surface area contributed by atoms with Crippen LogP contribution in [-0.2, 0) is 16.1 Å². The Hall–Kier alpha value is -4.37. The van der Waals surface area contributed by atoms with Gasteiger partial charge in [0.05, 0.1) is 18.0 Å². The first kappa shape index (κ1) is 32.1. The van der Waals surface area contributed by atoms with Gasteiger partial charge >= 0.3 is 6.09 Å². The van der Waals surface area contributed by atoms with Gasteiger partial charge in [-0.3, -0.25) is 14.5 Å². The number of hydrogen-bond acceptors (Lipinski definition) is 5. The molecule has 0 heterocycles. The van der Waals surface area contributed by atoms with Crippen molar-refractivity contribution in [3.63, 3.8) is 0 Å². The summed E-state index contributed by atoms with van der Waals surface area (Å²) in [7, 11) is 0. The molecule has 1 unspecified atom stereocenters. The first-order chi connectivity index (χ1) is 19.8. The van der Waals surface area contributed by atoms with Crippen molar-refractivity contribution in [2.45, 2.75) is 71.6 Å². The molecule has 42 heavy (non-hydrogen) atoms. The normalized spacial score (nSPS) is 12.7. The van der Waals surface area contributed by atoms with E-state index in [1.165, 1.54) is 4.90 Å². The van der Waals surface area contributed by atoms with Crippen molar-refractivity contribution < 1.29 is 24.6 Å². The van der Waals surface area contributed by atoms with Crippen molar-refractivity contribution >= 4 is 17.9 Å². The van der Waals surface area contributed by atoms with E-state index < -0.39 is 23.7 Å². The van der Waals surface area contributed by atoms with Crippen LogP contribution in [0, 0.1) is 20.8 Å². The minimum absolute atomic E-state index is 0.0341. The van der Waals surface area contributed by atoms with Gasteiger partial charge < -0.3 is 26.6 Å². The highest BCUT2D eigenvalue weighted by atomic mass is 16.4. The molecule has 0 aliphatic carbocycles. The molecule has 0 saturated carbocycles. The molecule has 3 aromatic rings. The maximum Gasteiger partial charge on any atom is 0.408 e. The van der Waals surface area contributed by atoms with E-state index in [0.717, 1.165) is 27.8 Å². The molecule has 0 bridgehead atoms. The third kappa shape index (κ3) is 8.57. The summed E-state index contributed by atoms with van der Waals surface area (Å²) < 4.78 is 0. The Bertz CT molecular complexity index is 1390. The molecule has 3 rings (SSSR count). The van der Waals surface area contributed by atoms with Gasteiger partial charge in [0.1, 0.15) is 5.75 Å². The minimum atomic E-state index is -1.13. The Morgan fingerprint density at radius 3 is 2.10 bits per heavy atom. The Morgan fingerprint density at radius 1 is 0.905 bits per heavy atom. The third-order valence-corrected chi connectivity index (χ3v) is 7.49. The summed E-state index contributed by atoms with van der Waals surface area (Å²) in [5.41, 5.74) is 10.4. The van der Waals surface area contributed by atoms with E-state index in [0.29, 0.717) is 5.56 Å². The number of nitrogens with two attached hydrogens (primary N) is 1. The highest BCUT2D eigenvalue weighted by Gasteiger charge is 2.29. The molecule has 6 N–H and O–H groups in total. The molecule has 0 spiro atoms. The number of nitrogens with zero attached hydrogens (tertiary/aromatic N) is 1. The second-order valence-electron chi connectivity index (χ2n) is 11.4. The highest BCUT2D eigenvalue weighted by molar-refractivity contribution is 5.79. The van der Waals surface area contributed by atoms with Gasteiger partial charge in [-0.15, -0.1) is 0 Å².